The zero-order valence-electron chi connectivity index (χ0n) is 9.91. The van der Waals surface area contributed by atoms with Gasteiger partial charge in [0.25, 0.3) is 10.0 Å². The van der Waals surface area contributed by atoms with Gasteiger partial charge in [-0.1, -0.05) is 0 Å². The van der Waals surface area contributed by atoms with Crippen molar-refractivity contribution in [3.05, 3.63) is 41.3 Å². The Morgan fingerprint density at radius 3 is 2.70 bits per heavy atom. The van der Waals surface area contributed by atoms with Gasteiger partial charge in [0.05, 0.1) is 18.3 Å². The molecule has 0 fully saturated rings. The molecule has 0 radical (unpaired) electrons. The van der Waals surface area contributed by atoms with Crippen molar-refractivity contribution in [2.45, 2.75) is 10.6 Å². The van der Waals surface area contributed by atoms with E-state index in [0.717, 1.165) is 23.6 Å². The van der Waals surface area contributed by atoms with E-state index in [1.165, 1.54) is 18.2 Å². The fourth-order valence-corrected chi connectivity index (χ4v) is 3.78. The smallest absolute Gasteiger partial charge is 0.308 e. The molecule has 0 bridgehead atoms. The molecule has 0 aliphatic heterocycles. The molecule has 2 aromatic rings. The van der Waals surface area contributed by atoms with E-state index in [1.807, 2.05) is 0 Å². The molecule has 20 heavy (non-hydrogen) atoms. The third-order valence-electron chi connectivity index (χ3n) is 2.21. The summed E-state index contributed by atoms with van der Waals surface area (Å²) in [5.74, 6) is -1.75. The second-order valence-corrected chi connectivity index (χ2v) is 6.84. The number of rotatable bonds is 5. The largest absolute Gasteiger partial charge is 0.481 e. The van der Waals surface area contributed by atoms with Gasteiger partial charge in [-0.15, -0.1) is 11.3 Å². The van der Waals surface area contributed by atoms with Crippen molar-refractivity contribution in [2.75, 3.05) is 4.72 Å². The maximum Gasteiger partial charge on any atom is 0.308 e. The van der Waals surface area contributed by atoms with Crippen molar-refractivity contribution in [1.82, 2.24) is 4.98 Å². The molecule has 0 aliphatic rings. The number of aromatic nitrogens is 1. The quantitative estimate of drug-likeness (QED) is 0.819. The molecule has 6 nitrogen and oxygen atoms in total. The third-order valence-corrected chi connectivity index (χ3v) is 5.17. The fraction of sp³-hybridized carbons (Fsp3) is 0.0909. The Morgan fingerprint density at radius 2 is 2.10 bits per heavy atom. The minimum atomic E-state index is -3.83. The van der Waals surface area contributed by atoms with E-state index in [4.69, 9.17) is 5.11 Å². The number of carboxylic acids is 1. The van der Waals surface area contributed by atoms with Gasteiger partial charge in [0.1, 0.15) is 4.21 Å². The standard InChI is InChI=1S/C11H9FN2O4S2/c12-9-3-1-7(6-13-9)14-20(17,18)11-4-2-8(19-11)5-10(15)16/h1-4,6,14H,5H2,(H,15,16). The van der Waals surface area contributed by atoms with Crippen LogP contribution in [0.1, 0.15) is 4.88 Å². The first-order valence-corrected chi connectivity index (χ1v) is 7.62. The minimum Gasteiger partial charge on any atom is -0.481 e. The Bertz CT molecular complexity index is 725. The van der Waals surface area contributed by atoms with E-state index in [-0.39, 0.29) is 16.3 Å². The van der Waals surface area contributed by atoms with Crippen LogP contribution < -0.4 is 4.72 Å². The van der Waals surface area contributed by atoms with Gasteiger partial charge >= 0.3 is 5.97 Å². The molecular weight excluding hydrogens is 307 g/mol. The second-order valence-electron chi connectivity index (χ2n) is 3.77. The molecule has 0 saturated heterocycles. The summed E-state index contributed by atoms with van der Waals surface area (Å²) >= 11 is 0.865. The summed E-state index contributed by atoms with van der Waals surface area (Å²) in [7, 11) is -3.83. The molecule has 9 heteroatoms. The summed E-state index contributed by atoms with van der Waals surface area (Å²) in [6.45, 7) is 0. The minimum absolute atomic E-state index is 0.0157. The number of nitrogens with zero attached hydrogens (tertiary/aromatic N) is 1. The van der Waals surface area contributed by atoms with Gasteiger partial charge in [0, 0.05) is 4.88 Å². The summed E-state index contributed by atoms with van der Waals surface area (Å²) in [6.07, 6.45) is 0.816. The first-order chi connectivity index (χ1) is 9.37. The Morgan fingerprint density at radius 1 is 1.35 bits per heavy atom. The number of nitrogens with one attached hydrogen (secondary N) is 1. The van der Waals surface area contributed by atoms with Crippen LogP contribution >= 0.6 is 11.3 Å². The molecule has 0 saturated carbocycles. The highest BCUT2D eigenvalue weighted by Gasteiger charge is 2.18. The Kier molecular flexibility index (Phi) is 4.00. The maximum absolute atomic E-state index is 12.6. The molecule has 2 N–H and O–H groups in total. The van der Waals surface area contributed by atoms with Crippen LogP contribution in [-0.4, -0.2) is 24.5 Å². The predicted octanol–water partition coefficient (Wildman–Crippen LogP) is 1.71. The van der Waals surface area contributed by atoms with Crippen molar-refractivity contribution in [1.29, 1.82) is 0 Å². The van der Waals surface area contributed by atoms with Gasteiger partial charge in [-0.3, -0.25) is 9.52 Å². The lowest BCUT2D eigenvalue weighted by Crippen LogP contribution is -2.11. The molecule has 0 amide bonds. The highest BCUT2D eigenvalue weighted by molar-refractivity contribution is 7.94. The normalized spacial score (nSPS) is 11.2. The number of carbonyl (C=O) groups is 1. The lowest BCUT2D eigenvalue weighted by atomic mass is 10.3. The summed E-state index contributed by atoms with van der Waals surface area (Å²) in [4.78, 5) is 14.3. The Hall–Kier alpha value is -2.00. The zero-order chi connectivity index (χ0) is 14.8. The van der Waals surface area contributed by atoms with Crippen molar-refractivity contribution < 1.29 is 22.7 Å². The van der Waals surface area contributed by atoms with Gasteiger partial charge < -0.3 is 5.11 Å². The Balaban J connectivity index is 2.19. The lowest BCUT2D eigenvalue weighted by Gasteiger charge is -2.05. The average Bonchev–Trinajstić information content (AvgIpc) is 2.80. The first-order valence-electron chi connectivity index (χ1n) is 5.32. The van der Waals surface area contributed by atoms with E-state index in [1.54, 1.807) is 0 Å². The van der Waals surface area contributed by atoms with Crippen molar-refractivity contribution in [2.24, 2.45) is 0 Å². The second kappa shape index (κ2) is 5.55. The van der Waals surface area contributed by atoms with Gasteiger partial charge in [0.15, 0.2) is 0 Å². The summed E-state index contributed by atoms with van der Waals surface area (Å²) in [5, 5.41) is 8.64. The molecule has 0 atom stereocenters. The number of carboxylic acid groups (broad SMARTS) is 1. The molecule has 2 heterocycles. The number of anilines is 1. The van der Waals surface area contributed by atoms with E-state index in [9.17, 15) is 17.6 Å². The maximum atomic E-state index is 12.6. The first kappa shape index (κ1) is 14.4. The van der Waals surface area contributed by atoms with Crippen LogP contribution in [-0.2, 0) is 21.2 Å². The van der Waals surface area contributed by atoms with Crippen LogP contribution in [0.4, 0.5) is 10.1 Å². The summed E-state index contributed by atoms with van der Waals surface area (Å²) in [6, 6.07) is 5.03. The summed E-state index contributed by atoms with van der Waals surface area (Å²) < 4.78 is 38.9. The number of sulfonamides is 1. The van der Waals surface area contributed by atoms with E-state index >= 15 is 0 Å². The van der Waals surface area contributed by atoms with Crippen molar-refractivity contribution >= 4 is 33.0 Å². The highest BCUT2D eigenvalue weighted by Crippen LogP contribution is 2.24. The van der Waals surface area contributed by atoms with Crippen molar-refractivity contribution in [3.63, 3.8) is 0 Å². The van der Waals surface area contributed by atoms with Crippen LogP contribution in [0.3, 0.4) is 0 Å². The fourth-order valence-electron chi connectivity index (χ4n) is 1.39. The number of hydrogen-bond donors (Lipinski definition) is 2. The van der Waals surface area contributed by atoms with Crippen LogP contribution in [0, 0.1) is 5.95 Å². The van der Waals surface area contributed by atoms with E-state index in [2.05, 4.69) is 9.71 Å². The highest BCUT2D eigenvalue weighted by atomic mass is 32.2. The van der Waals surface area contributed by atoms with Crippen LogP contribution in [0.25, 0.3) is 0 Å². The number of thiophene rings is 1. The van der Waals surface area contributed by atoms with Gasteiger partial charge in [-0.2, -0.15) is 4.39 Å². The lowest BCUT2D eigenvalue weighted by molar-refractivity contribution is -0.136. The van der Waals surface area contributed by atoms with Gasteiger partial charge in [0.2, 0.25) is 5.95 Å². The molecule has 0 aliphatic carbocycles. The van der Waals surface area contributed by atoms with Crippen LogP contribution in [0.5, 0.6) is 0 Å². The molecule has 106 valence electrons. The molecular formula is C11H9FN2O4S2. The monoisotopic (exact) mass is 316 g/mol. The van der Waals surface area contributed by atoms with E-state index in [0.29, 0.717) is 4.88 Å². The van der Waals surface area contributed by atoms with Gasteiger partial charge in [-0.05, 0) is 24.3 Å². The molecule has 0 spiro atoms. The Labute approximate surface area is 118 Å². The average molecular weight is 316 g/mol. The van der Waals surface area contributed by atoms with Crippen LogP contribution in [0.2, 0.25) is 0 Å². The molecule has 0 aromatic carbocycles. The molecule has 2 aromatic heterocycles. The third kappa shape index (κ3) is 3.52. The zero-order valence-corrected chi connectivity index (χ0v) is 11.5. The number of halogens is 1. The molecule has 2 rings (SSSR count). The van der Waals surface area contributed by atoms with Crippen LogP contribution in [0.15, 0.2) is 34.7 Å². The van der Waals surface area contributed by atoms with Gasteiger partial charge in [-0.25, -0.2) is 13.4 Å². The SMILES string of the molecule is O=C(O)Cc1ccc(S(=O)(=O)Nc2ccc(F)nc2)s1. The number of hydrogen-bond acceptors (Lipinski definition) is 5. The number of aliphatic carboxylic acids is 1. The number of pyridine rings is 1. The van der Waals surface area contributed by atoms with Crippen molar-refractivity contribution in [3.8, 4) is 0 Å². The predicted molar refractivity (Wildman–Crippen MR) is 70.7 cm³/mol. The summed E-state index contributed by atoms with van der Waals surface area (Å²) in [5.41, 5.74) is 0.125. The van der Waals surface area contributed by atoms with E-state index < -0.39 is 21.9 Å². The topological polar surface area (TPSA) is 96.4 Å². The molecule has 0 unspecified atom stereocenters.